The molecule has 1 aliphatic rings. The van der Waals surface area contributed by atoms with Crippen molar-refractivity contribution in [2.24, 2.45) is 0 Å². The summed E-state index contributed by atoms with van der Waals surface area (Å²) in [6, 6.07) is 2.76. The second kappa shape index (κ2) is 7.11. The molecular formula is C15H21F2N3O2. The number of piperazine rings is 1. The summed E-state index contributed by atoms with van der Waals surface area (Å²) in [5.41, 5.74) is 0.576. The Morgan fingerprint density at radius 2 is 2.23 bits per heavy atom. The van der Waals surface area contributed by atoms with Gasteiger partial charge in [0, 0.05) is 49.4 Å². The zero-order valence-electron chi connectivity index (χ0n) is 12.8. The van der Waals surface area contributed by atoms with Gasteiger partial charge in [-0.15, -0.1) is 0 Å². The van der Waals surface area contributed by atoms with Crippen LogP contribution in [0.15, 0.2) is 12.1 Å². The van der Waals surface area contributed by atoms with Crippen molar-refractivity contribution in [1.82, 2.24) is 10.2 Å². The topological polar surface area (TPSA) is 58.4 Å². The van der Waals surface area contributed by atoms with Crippen LogP contribution in [0.2, 0.25) is 0 Å². The van der Waals surface area contributed by atoms with Crippen molar-refractivity contribution >= 4 is 5.69 Å². The zero-order chi connectivity index (χ0) is 16.3. The van der Waals surface area contributed by atoms with Gasteiger partial charge in [-0.3, -0.25) is 15.0 Å². The van der Waals surface area contributed by atoms with Crippen LogP contribution in [0.5, 0.6) is 0 Å². The lowest BCUT2D eigenvalue weighted by molar-refractivity contribution is -0.385. The third-order valence-electron chi connectivity index (χ3n) is 4.19. The SMILES string of the molecule is CC[C@H]1CN(Cc2cc(C(F)F)cc([N+](=O)[O-])c2C)CCN1. The Bertz CT molecular complexity index is 552. The molecule has 0 saturated carbocycles. The highest BCUT2D eigenvalue weighted by molar-refractivity contribution is 5.48. The second-order valence-corrected chi connectivity index (χ2v) is 5.68. The predicted octanol–water partition coefficient (Wildman–Crippen LogP) is 3.02. The van der Waals surface area contributed by atoms with Crippen LogP contribution in [0.4, 0.5) is 14.5 Å². The standard InChI is InChI=1S/C15H21F2N3O2/c1-3-13-9-19(5-4-18-13)8-12-6-11(15(16)17)7-14(10(12)2)20(21)22/h6-7,13,15,18H,3-5,8-9H2,1-2H3/t13-/m0/s1. The number of rotatable bonds is 5. The summed E-state index contributed by atoms with van der Waals surface area (Å²) in [6.45, 7) is 6.65. The number of alkyl halides is 2. The van der Waals surface area contributed by atoms with E-state index in [4.69, 9.17) is 0 Å². The van der Waals surface area contributed by atoms with Crippen LogP contribution < -0.4 is 5.32 Å². The van der Waals surface area contributed by atoms with Crippen molar-refractivity contribution in [3.8, 4) is 0 Å². The molecule has 2 rings (SSSR count). The van der Waals surface area contributed by atoms with Gasteiger partial charge in [0.2, 0.25) is 0 Å². The van der Waals surface area contributed by atoms with E-state index >= 15 is 0 Å². The molecule has 1 saturated heterocycles. The van der Waals surface area contributed by atoms with Crippen molar-refractivity contribution in [2.45, 2.75) is 39.3 Å². The normalized spacial score (nSPS) is 19.6. The molecule has 1 aliphatic heterocycles. The first kappa shape index (κ1) is 16.8. The molecule has 122 valence electrons. The highest BCUT2D eigenvalue weighted by Crippen LogP contribution is 2.30. The van der Waals surface area contributed by atoms with Gasteiger partial charge in [0.15, 0.2) is 0 Å². The van der Waals surface area contributed by atoms with Gasteiger partial charge in [0.05, 0.1) is 4.92 Å². The van der Waals surface area contributed by atoms with Gasteiger partial charge in [0.25, 0.3) is 12.1 Å². The molecule has 0 aromatic heterocycles. The number of halogens is 2. The van der Waals surface area contributed by atoms with Crippen LogP contribution in [-0.2, 0) is 6.54 Å². The molecule has 1 aromatic rings. The number of hydrogen-bond donors (Lipinski definition) is 1. The van der Waals surface area contributed by atoms with Crippen LogP contribution in [0.1, 0.15) is 36.5 Å². The molecular weight excluding hydrogens is 292 g/mol. The predicted molar refractivity (Wildman–Crippen MR) is 80.1 cm³/mol. The minimum atomic E-state index is -2.70. The lowest BCUT2D eigenvalue weighted by Crippen LogP contribution is -2.49. The summed E-state index contributed by atoms with van der Waals surface area (Å²) in [5.74, 6) is 0. The van der Waals surface area contributed by atoms with Crippen molar-refractivity contribution in [1.29, 1.82) is 0 Å². The minimum absolute atomic E-state index is 0.227. The molecule has 1 heterocycles. The van der Waals surface area contributed by atoms with Crippen molar-refractivity contribution < 1.29 is 13.7 Å². The molecule has 0 radical (unpaired) electrons. The molecule has 0 spiro atoms. The first-order chi connectivity index (χ1) is 10.4. The summed E-state index contributed by atoms with van der Waals surface area (Å²) >= 11 is 0. The van der Waals surface area contributed by atoms with Crippen molar-refractivity contribution in [2.75, 3.05) is 19.6 Å². The van der Waals surface area contributed by atoms with Crippen molar-refractivity contribution in [3.05, 3.63) is 38.9 Å². The number of nitro groups is 1. The Balaban J connectivity index is 2.27. The maximum atomic E-state index is 13.0. The highest BCUT2D eigenvalue weighted by Gasteiger charge is 2.23. The molecule has 1 aromatic carbocycles. The van der Waals surface area contributed by atoms with Gasteiger partial charge >= 0.3 is 0 Å². The Morgan fingerprint density at radius 3 is 2.82 bits per heavy atom. The quantitative estimate of drug-likeness (QED) is 0.670. The van der Waals surface area contributed by atoms with Crippen LogP contribution >= 0.6 is 0 Å². The Kier molecular flexibility index (Phi) is 5.42. The Labute approximate surface area is 128 Å². The van der Waals surface area contributed by atoms with Crippen LogP contribution in [0.25, 0.3) is 0 Å². The van der Waals surface area contributed by atoms with Gasteiger partial charge in [-0.2, -0.15) is 0 Å². The molecule has 1 N–H and O–H groups in total. The summed E-state index contributed by atoms with van der Waals surface area (Å²) < 4.78 is 25.9. The maximum Gasteiger partial charge on any atom is 0.273 e. The highest BCUT2D eigenvalue weighted by atomic mass is 19.3. The first-order valence-corrected chi connectivity index (χ1v) is 7.44. The lowest BCUT2D eigenvalue weighted by Gasteiger charge is -2.33. The monoisotopic (exact) mass is 313 g/mol. The van der Waals surface area contributed by atoms with E-state index in [2.05, 4.69) is 17.1 Å². The van der Waals surface area contributed by atoms with Gasteiger partial charge in [-0.05, 0) is 25.0 Å². The molecule has 0 amide bonds. The fourth-order valence-corrected chi connectivity index (χ4v) is 2.81. The number of hydrogen-bond acceptors (Lipinski definition) is 4. The summed E-state index contributed by atoms with van der Waals surface area (Å²) in [6.07, 6.45) is -1.71. The Morgan fingerprint density at radius 1 is 1.50 bits per heavy atom. The third kappa shape index (κ3) is 3.78. The van der Waals surface area contributed by atoms with E-state index in [-0.39, 0.29) is 11.3 Å². The van der Waals surface area contributed by atoms with Crippen molar-refractivity contribution in [3.63, 3.8) is 0 Å². The van der Waals surface area contributed by atoms with Crippen LogP contribution in [0, 0.1) is 17.0 Å². The average Bonchev–Trinajstić information content (AvgIpc) is 2.49. The van der Waals surface area contributed by atoms with E-state index in [9.17, 15) is 18.9 Å². The maximum absolute atomic E-state index is 13.0. The molecule has 5 nitrogen and oxygen atoms in total. The summed E-state index contributed by atoms with van der Waals surface area (Å²) in [4.78, 5) is 12.6. The fourth-order valence-electron chi connectivity index (χ4n) is 2.81. The van der Waals surface area contributed by atoms with Gasteiger partial charge < -0.3 is 5.32 Å². The smallest absolute Gasteiger partial charge is 0.273 e. The van der Waals surface area contributed by atoms with E-state index in [1.165, 1.54) is 6.07 Å². The van der Waals surface area contributed by atoms with Gasteiger partial charge in [-0.1, -0.05) is 6.92 Å². The number of nitro benzene ring substituents is 1. The average molecular weight is 313 g/mol. The number of nitrogens with one attached hydrogen (secondary N) is 1. The fraction of sp³-hybridized carbons (Fsp3) is 0.600. The van der Waals surface area contributed by atoms with E-state index in [1.54, 1.807) is 6.92 Å². The first-order valence-electron chi connectivity index (χ1n) is 7.44. The molecule has 1 fully saturated rings. The summed E-state index contributed by atoms with van der Waals surface area (Å²) in [5, 5.41) is 14.5. The van der Waals surface area contributed by atoms with E-state index in [1.807, 2.05) is 0 Å². The lowest BCUT2D eigenvalue weighted by atomic mass is 10.0. The molecule has 0 aliphatic carbocycles. The van der Waals surface area contributed by atoms with E-state index < -0.39 is 11.3 Å². The molecule has 7 heteroatoms. The van der Waals surface area contributed by atoms with Gasteiger partial charge in [0.1, 0.15) is 0 Å². The van der Waals surface area contributed by atoms with Gasteiger partial charge in [-0.25, -0.2) is 8.78 Å². The summed E-state index contributed by atoms with van der Waals surface area (Å²) in [7, 11) is 0. The van der Waals surface area contributed by atoms with E-state index in [0.717, 1.165) is 32.1 Å². The minimum Gasteiger partial charge on any atom is -0.311 e. The van der Waals surface area contributed by atoms with Crippen LogP contribution in [-0.4, -0.2) is 35.5 Å². The third-order valence-corrected chi connectivity index (χ3v) is 4.19. The molecule has 0 unspecified atom stereocenters. The Hall–Kier alpha value is -1.60. The van der Waals surface area contributed by atoms with E-state index in [0.29, 0.717) is 23.7 Å². The zero-order valence-corrected chi connectivity index (χ0v) is 12.8. The number of nitrogens with zero attached hydrogens (tertiary/aromatic N) is 2. The molecule has 22 heavy (non-hydrogen) atoms. The largest absolute Gasteiger partial charge is 0.311 e. The second-order valence-electron chi connectivity index (χ2n) is 5.68. The number of benzene rings is 1. The van der Waals surface area contributed by atoms with Crippen LogP contribution in [0.3, 0.4) is 0 Å². The molecule has 0 bridgehead atoms. The molecule has 1 atom stereocenters.